The molecule has 7 nitrogen and oxygen atoms in total. The third-order valence-electron chi connectivity index (χ3n) is 3.56. The summed E-state index contributed by atoms with van der Waals surface area (Å²) >= 11 is 1.68. The predicted molar refractivity (Wildman–Crippen MR) is 122 cm³/mol. The molecule has 1 aromatic heterocycles. The summed E-state index contributed by atoms with van der Waals surface area (Å²) in [5.74, 6) is 0.632. The second-order valence-corrected chi connectivity index (χ2v) is 8.84. The van der Waals surface area contributed by atoms with Gasteiger partial charge in [0.1, 0.15) is 0 Å². The van der Waals surface area contributed by atoms with Crippen molar-refractivity contribution in [3.8, 4) is 0 Å². The molecule has 0 atom stereocenters. The third kappa shape index (κ3) is 8.11. The first-order chi connectivity index (χ1) is 12.4. The lowest BCUT2D eigenvalue weighted by molar-refractivity contribution is 0.580. The van der Waals surface area contributed by atoms with Gasteiger partial charge in [0.05, 0.1) is 9.90 Å². The minimum atomic E-state index is -3.49. The lowest BCUT2D eigenvalue weighted by Gasteiger charge is -2.12. The quantitative estimate of drug-likeness (QED) is 0.213. The number of nitrogens with one attached hydrogen (secondary N) is 3. The van der Waals surface area contributed by atoms with Crippen molar-refractivity contribution < 1.29 is 8.42 Å². The Hall–Kier alpha value is -1.24. The molecule has 3 N–H and O–H groups in total. The molecule has 2 aromatic rings. The molecule has 0 unspecified atom stereocenters. The molecule has 0 spiro atoms. The van der Waals surface area contributed by atoms with Gasteiger partial charge in [-0.15, -0.1) is 35.3 Å². The first-order valence-corrected chi connectivity index (χ1v) is 10.6. The summed E-state index contributed by atoms with van der Waals surface area (Å²) < 4.78 is 27.0. The maximum absolute atomic E-state index is 12.2. The largest absolute Gasteiger partial charge is 0.356 e. The molecule has 0 amide bonds. The molecule has 0 aliphatic rings. The van der Waals surface area contributed by atoms with Crippen LogP contribution in [0.15, 0.2) is 40.4 Å². The molecule has 1 aromatic carbocycles. The van der Waals surface area contributed by atoms with Gasteiger partial charge in [-0.1, -0.05) is 17.7 Å². The number of nitrogens with zero attached hydrogens (tertiary/aromatic N) is 2. The number of aryl methyl sites for hydroxylation is 2. The lowest BCUT2D eigenvalue weighted by atomic mass is 10.2. The minimum absolute atomic E-state index is 0. The van der Waals surface area contributed by atoms with E-state index in [4.69, 9.17) is 0 Å². The molecule has 0 aliphatic carbocycles. The Balaban J connectivity index is 0.00000364. The molecule has 0 saturated heterocycles. The number of hydrogen-bond acceptors (Lipinski definition) is 5. The van der Waals surface area contributed by atoms with Gasteiger partial charge in [-0.25, -0.2) is 18.1 Å². The van der Waals surface area contributed by atoms with Gasteiger partial charge in [0.15, 0.2) is 5.96 Å². The summed E-state index contributed by atoms with van der Waals surface area (Å²) in [5.41, 5.74) is 1.02. The fourth-order valence-electron chi connectivity index (χ4n) is 2.19. The van der Waals surface area contributed by atoms with Crippen molar-refractivity contribution in [1.29, 1.82) is 0 Å². The Labute approximate surface area is 182 Å². The molecule has 150 valence electrons. The maximum atomic E-state index is 12.2. The zero-order valence-corrected chi connectivity index (χ0v) is 19.6. The van der Waals surface area contributed by atoms with Crippen LogP contribution in [0.5, 0.6) is 0 Å². The molecular formula is C17H26IN5O2S2. The van der Waals surface area contributed by atoms with Crippen LogP contribution in [0, 0.1) is 13.8 Å². The first kappa shape index (κ1) is 23.8. The smallest absolute Gasteiger partial charge is 0.240 e. The molecule has 0 bridgehead atoms. The predicted octanol–water partition coefficient (Wildman–Crippen LogP) is 2.06. The fourth-order valence-corrected chi connectivity index (χ4v) is 4.01. The number of aliphatic imine (C=N–C) groups is 1. The second kappa shape index (κ2) is 11.6. The van der Waals surface area contributed by atoms with E-state index in [2.05, 4.69) is 25.3 Å². The monoisotopic (exact) mass is 523 g/mol. The van der Waals surface area contributed by atoms with Crippen LogP contribution >= 0.6 is 35.3 Å². The van der Waals surface area contributed by atoms with E-state index in [0.717, 1.165) is 17.0 Å². The molecule has 1 heterocycles. The van der Waals surface area contributed by atoms with E-state index in [1.807, 2.05) is 20.0 Å². The van der Waals surface area contributed by atoms with Gasteiger partial charge in [0.25, 0.3) is 0 Å². The average Bonchev–Trinajstić information content (AvgIpc) is 3.02. The van der Waals surface area contributed by atoms with Gasteiger partial charge in [0.2, 0.25) is 10.0 Å². The Kier molecular flexibility index (Phi) is 10.2. The van der Waals surface area contributed by atoms with Gasteiger partial charge in [-0.05, 0) is 26.0 Å². The number of rotatable bonds is 8. The Morgan fingerprint density at radius 3 is 2.37 bits per heavy atom. The molecule has 0 radical (unpaired) electrons. The summed E-state index contributed by atoms with van der Waals surface area (Å²) in [4.78, 5) is 9.91. The van der Waals surface area contributed by atoms with Crippen LogP contribution in [0.2, 0.25) is 0 Å². The molecule has 10 heteroatoms. The van der Waals surface area contributed by atoms with Crippen LogP contribution in [-0.4, -0.2) is 46.0 Å². The van der Waals surface area contributed by atoms with Crippen molar-refractivity contribution in [2.45, 2.75) is 25.2 Å². The number of thiazole rings is 1. The van der Waals surface area contributed by atoms with Gasteiger partial charge in [0, 0.05) is 44.2 Å². The molecule has 0 aliphatic heterocycles. The summed E-state index contributed by atoms with van der Waals surface area (Å²) in [5, 5.41) is 7.36. The van der Waals surface area contributed by atoms with Gasteiger partial charge >= 0.3 is 0 Å². The Morgan fingerprint density at radius 2 is 1.78 bits per heavy atom. The number of halogens is 1. The Bertz CT molecular complexity index is 835. The first-order valence-electron chi connectivity index (χ1n) is 8.33. The van der Waals surface area contributed by atoms with E-state index in [1.54, 1.807) is 42.6 Å². The molecule has 2 rings (SSSR count). The minimum Gasteiger partial charge on any atom is -0.356 e. The van der Waals surface area contributed by atoms with Crippen molar-refractivity contribution in [1.82, 2.24) is 20.3 Å². The van der Waals surface area contributed by atoms with Crippen LogP contribution in [0.25, 0.3) is 0 Å². The van der Waals surface area contributed by atoms with E-state index >= 15 is 0 Å². The van der Waals surface area contributed by atoms with Crippen LogP contribution in [0.1, 0.15) is 15.4 Å². The highest BCUT2D eigenvalue weighted by Crippen LogP contribution is 2.11. The number of sulfonamides is 1. The number of benzene rings is 1. The summed E-state index contributed by atoms with van der Waals surface area (Å²) in [7, 11) is -1.81. The van der Waals surface area contributed by atoms with E-state index in [9.17, 15) is 8.42 Å². The number of hydrogen-bond donors (Lipinski definition) is 3. The topological polar surface area (TPSA) is 95.5 Å². The zero-order valence-electron chi connectivity index (χ0n) is 15.7. The van der Waals surface area contributed by atoms with Crippen molar-refractivity contribution in [3.63, 3.8) is 0 Å². The fraction of sp³-hybridized carbons (Fsp3) is 0.412. The van der Waals surface area contributed by atoms with Crippen molar-refractivity contribution >= 4 is 51.3 Å². The highest BCUT2D eigenvalue weighted by atomic mass is 127. The maximum Gasteiger partial charge on any atom is 0.240 e. The van der Waals surface area contributed by atoms with E-state index in [0.29, 0.717) is 19.0 Å². The molecule has 0 fully saturated rings. The second-order valence-electron chi connectivity index (χ2n) is 5.75. The van der Waals surface area contributed by atoms with Crippen LogP contribution in [0.3, 0.4) is 0 Å². The van der Waals surface area contributed by atoms with E-state index in [1.165, 1.54) is 4.88 Å². The molecule has 27 heavy (non-hydrogen) atoms. The van der Waals surface area contributed by atoms with E-state index < -0.39 is 10.0 Å². The zero-order chi connectivity index (χ0) is 19.0. The van der Waals surface area contributed by atoms with Gasteiger partial charge < -0.3 is 10.6 Å². The van der Waals surface area contributed by atoms with Crippen LogP contribution < -0.4 is 15.4 Å². The molecular weight excluding hydrogens is 497 g/mol. The normalized spacial score (nSPS) is 11.7. The van der Waals surface area contributed by atoms with Gasteiger partial charge in [-0.2, -0.15) is 0 Å². The standard InChI is InChI=1S/C17H25N5O2S2.HI/c1-13-4-6-15(7-5-13)26(23,24)22-11-10-20-17(18-3)19-9-8-16-21-12-14(2)25-16;/h4-7,12,22H,8-11H2,1-3H3,(H2,18,19,20);1H. The average molecular weight is 523 g/mol. The highest BCUT2D eigenvalue weighted by Gasteiger charge is 2.12. The summed E-state index contributed by atoms with van der Waals surface area (Å²) in [6.45, 7) is 5.36. The van der Waals surface area contributed by atoms with Gasteiger partial charge in [-0.3, -0.25) is 4.99 Å². The number of aromatic nitrogens is 1. The van der Waals surface area contributed by atoms with Crippen LogP contribution in [0.4, 0.5) is 0 Å². The number of guanidine groups is 1. The highest BCUT2D eigenvalue weighted by molar-refractivity contribution is 14.0. The Morgan fingerprint density at radius 1 is 1.11 bits per heavy atom. The lowest BCUT2D eigenvalue weighted by Crippen LogP contribution is -2.42. The van der Waals surface area contributed by atoms with E-state index in [-0.39, 0.29) is 35.4 Å². The third-order valence-corrected chi connectivity index (χ3v) is 6.01. The summed E-state index contributed by atoms with van der Waals surface area (Å²) in [6.07, 6.45) is 2.69. The SMILES string of the molecule is CN=C(NCCNS(=O)(=O)c1ccc(C)cc1)NCCc1ncc(C)s1.I. The van der Waals surface area contributed by atoms with Crippen molar-refractivity contribution in [2.24, 2.45) is 4.99 Å². The van der Waals surface area contributed by atoms with Crippen LogP contribution in [-0.2, 0) is 16.4 Å². The van der Waals surface area contributed by atoms with Crippen molar-refractivity contribution in [3.05, 3.63) is 45.9 Å². The van der Waals surface area contributed by atoms with Crippen molar-refractivity contribution in [2.75, 3.05) is 26.7 Å². The molecule has 0 saturated carbocycles. The summed E-state index contributed by atoms with van der Waals surface area (Å²) in [6, 6.07) is 6.77.